The van der Waals surface area contributed by atoms with Gasteiger partial charge in [0.2, 0.25) is 0 Å². The Kier molecular flexibility index (Phi) is 7.05. The van der Waals surface area contributed by atoms with Gasteiger partial charge in [0.15, 0.2) is 5.13 Å². The van der Waals surface area contributed by atoms with Crippen molar-refractivity contribution < 1.29 is 18.7 Å². The predicted molar refractivity (Wildman–Crippen MR) is 97.3 cm³/mol. The lowest BCUT2D eigenvalue weighted by Crippen LogP contribution is -2.35. The van der Waals surface area contributed by atoms with E-state index in [-0.39, 0.29) is 18.3 Å². The third-order valence-electron chi connectivity index (χ3n) is 3.59. The van der Waals surface area contributed by atoms with Gasteiger partial charge in [0.1, 0.15) is 11.9 Å². The highest BCUT2D eigenvalue weighted by molar-refractivity contribution is 7.13. The molecule has 2 rings (SSSR count). The summed E-state index contributed by atoms with van der Waals surface area (Å²) in [6, 6.07) is 5.57. The molecule has 0 aliphatic carbocycles. The van der Waals surface area contributed by atoms with Gasteiger partial charge in [0.25, 0.3) is 5.91 Å². The number of aromatic nitrogens is 1. The molecule has 0 aliphatic rings. The monoisotopic (exact) mass is 380 g/mol. The standard InChI is InChI=1S/C17H21FN4O3S/c1-11(25-3)15(23)22(2)9-14-10-26-17(20-14)21-16(24)19-8-12-5-4-6-13(18)7-12/h4-7,10-11H,8-9H2,1-3H3,(H2,19,20,21,24)/t11-/m0/s1. The van der Waals surface area contributed by atoms with E-state index in [1.807, 2.05) is 0 Å². The second-order valence-electron chi connectivity index (χ2n) is 5.65. The lowest BCUT2D eigenvalue weighted by atomic mass is 10.2. The Hall–Kier alpha value is -2.52. The molecule has 1 atom stereocenters. The smallest absolute Gasteiger partial charge is 0.321 e. The predicted octanol–water partition coefficient (Wildman–Crippen LogP) is 2.60. The first-order valence-electron chi connectivity index (χ1n) is 7.90. The topological polar surface area (TPSA) is 83.6 Å². The number of likely N-dealkylation sites (N-methyl/N-ethyl adjacent to an activating group) is 1. The Morgan fingerprint density at radius 2 is 2.19 bits per heavy atom. The molecule has 140 valence electrons. The number of anilines is 1. The van der Waals surface area contributed by atoms with E-state index in [0.29, 0.717) is 22.9 Å². The molecule has 26 heavy (non-hydrogen) atoms. The maximum absolute atomic E-state index is 13.1. The van der Waals surface area contributed by atoms with Crippen molar-refractivity contribution in [2.45, 2.75) is 26.1 Å². The molecule has 2 aromatic rings. The lowest BCUT2D eigenvalue weighted by Gasteiger charge is -2.19. The number of halogens is 1. The maximum atomic E-state index is 13.1. The summed E-state index contributed by atoms with van der Waals surface area (Å²) >= 11 is 1.26. The fraction of sp³-hybridized carbons (Fsp3) is 0.353. The normalized spacial score (nSPS) is 11.7. The van der Waals surface area contributed by atoms with E-state index in [2.05, 4.69) is 15.6 Å². The zero-order chi connectivity index (χ0) is 19.1. The molecule has 0 fully saturated rings. The Morgan fingerprint density at radius 1 is 1.42 bits per heavy atom. The molecule has 7 nitrogen and oxygen atoms in total. The summed E-state index contributed by atoms with van der Waals surface area (Å²) in [5, 5.41) is 7.43. The van der Waals surface area contributed by atoms with Gasteiger partial charge in [-0.25, -0.2) is 14.2 Å². The van der Waals surface area contributed by atoms with Crippen LogP contribution in [0.1, 0.15) is 18.2 Å². The highest BCUT2D eigenvalue weighted by Gasteiger charge is 2.18. The molecule has 1 aromatic carbocycles. The van der Waals surface area contributed by atoms with E-state index in [9.17, 15) is 14.0 Å². The van der Waals surface area contributed by atoms with E-state index in [0.717, 1.165) is 0 Å². The van der Waals surface area contributed by atoms with Crippen LogP contribution in [0.5, 0.6) is 0 Å². The average Bonchev–Trinajstić information content (AvgIpc) is 3.05. The summed E-state index contributed by atoms with van der Waals surface area (Å²) in [5.74, 6) is -0.501. The number of nitrogens with one attached hydrogen (secondary N) is 2. The first kappa shape index (κ1) is 19.8. The number of urea groups is 1. The Morgan fingerprint density at radius 3 is 2.88 bits per heavy atom. The number of rotatable bonds is 7. The highest BCUT2D eigenvalue weighted by Crippen LogP contribution is 2.17. The van der Waals surface area contributed by atoms with Gasteiger partial charge in [-0.2, -0.15) is 0 Å². The van der Waals surface area contributed by atoms with Crippen molar-refractivity contribution in [2.24, 2.45) is 0 Å². The minimum Gasteiger partial charge on any atom is -0.372 e. The van der Waals surface area contributed by atoms with Gasteiger partial charge < -0.3 is 15.0 Å². The molecule has 0 saturated heterocycles. The number of amides is 3. The molecule has 2 N–H and O–H groups in total. The van der Waals surface area contributed by atoms with Crippen LogP contribution in [0.2, 0.25) is 0 Å². The van der Waals surface area contributed by atoms with Crippen molar-refractivity contribution in [2.75, 3.05) is 19.5 Å². The van der Waals surface area contributed by atoms with Crippen LogP contribution in [0.3, 0.4) is 0 Å². The third kappa shape index (κ3) is 5.78. The van der Waals surface area contributed by atoms with Crippen molar-refractivity contribution >= 4 is 28.4 Å². The largest absolute Gasteiger partial charge is 0.372 e. The van der Waals surface area contributed by atoms with Crippen molar-refractivity contribution in [1.29, 1.82) is 0 Å². The summed E-state index contributed by atoms with van der Waals surface area (Å²) in [5.41, 5.74) is 1.32. The third-order valence-corrected chi connectivity index (χ3v) is 4.40. The second kappa shape index (κ2) is 9.25. The number of ether oxygens (including phenoxy) is 1. The van der Waals surface area contributed by atoms with Crippen molar-refractivity contribution in [1.82, 2.24) is 15.2 Å². The second-order valence-corrected chi connectivity index (χ2v) is 6.51. The van der Waals surface area contributed by atoms with Crippen molar-refractivity contribution in [3.63, 3.8) is 0 Å². The highest BCUT2D eigenvalue weighted by atomic mass is 32.1. The average molecular weight is 380 g/mol. The fourth-order valence-corrected chi connectivity index (χ4v) is 2.84. The first-order valence-corrected chi connectivity index (χ1v) is 8.78. The van der Waals surface area contributed by atoms with Crippen LogP contribution in [-0.4, -0.2) is 42.1 Å². The van der Waals surface area contributed by atoms with E-state index < -0.39 is 12.1 Å². The van der Waals surface area contributed by atoms with E-state index in [1.165, 1.54) is 35.5 Å². The molecule has 0 aliphatic heterocycles. The molecule has 0 saturated carbocycles. The minimum atomic E-state index is -0.523. The van der Waals surface area contributed by atoms with Gasteiger partial charge in [-0.3, -0.25) is 10.1 Å². The molecule has 3 amide bonds. The fourth-order valence-electron chi connectivity index (χ4n) is 2.14. The van der Waals surface area contributed by atoms with Gasteiger partial charge in [-0.1, -0.05) is 12.1 Å². The molecular weight excluding hydrogens is 359 g/mol. The summed E-state index contributed by atoms with van der Waals surface area (Å²) in [6.07, 6.45) is -0.523. The van der Waals surface area contributed by atoms with Crippen LogP contribution >= 0.6 is 11.3 Å². The minimum absolute atomic E-state index is 0.150. The number of methoxy groups -OCH3 is 1. The summed E-state index contributed by atoms with van der Waals surface area (Å²) in [4.78, 5) is 29.7. The van der Waals surface area contributed by atoms with Gasteiger partial charge in [-0.15, -0.1) is 11.3 Å². The van der Waals surface area contributed by atoms with Gasteiger partial charge in [-0.05, 0) is 24.6 Å². The maximum Gasteiger partial charge on any atom is 0.321 e. The molecule has 0 bridgehead atoms. The van der Waals surface area contributed by atoms with Crippen LogP contribution in [0, 0.1) is 5.82 Å². The summed E-state index contributed by atoms with van der Waals surface area (Å²) in [6.45, 7) is 2.19. The van der Waals surface area contributed by atoms with Gasteiger partial charge in [0, 0.05) is 26.1 Å². The lowest BCUT2D eigenvalue weighted by molar-refractivity contribution is -0.140. The molecule has 1 aromatic heterocycles. The number of carbonyl (C=O) groups excluding carboxylic acids is 2. The summed E-state index contributed by atoms with van der Waals surface area (Å²) < 4.78 is 18.1. The van der Waals surface area contributed by atoms with Crippen LogP contribution in [0.4, 0.5) is 14.3 Å². The van der Waals surface area contributed by atoms with Gasteiger partial charge in [0.05, 0.1) is 12.2 Å². The molecule has 9 heteroatoms. The zero-order valence-corrected chi connectivity index (χ0v) is 15.6. The Labute approximate surface area is 155 Å². The van der Waals surface area contributed by atoms with E-state index in [1.54, 1.807) is 31.5 Å². The van der Waals surface area contributed by atoms with Crippen LogP contribution in [0.15, 0.2) is 29.6 Å². The zero-order valence-electron chi connectivity index (χ0n) is 14.8. The van der Waals surface area contributed by atoms with Crippen molar-refractivity contribution in [3.05, 3.63) is 46.7 Å². The molecular formula is C17H21FN4O3S. The molecule has 1 heterocycles. The SMILES string of the molecule is CO[C@@H](C)C(=O)N(C)Cc1csc(NC(=O)NCc2cccc(F)c2)n1. The van der Waals surface area contributed by atoms with Gasteiger partial charge >= 0.3 is 6.03 Å². The van der Waals surface area contributed by atoms with Crippen molar-refractivity contribution in [3.8, 4) is 0 Å². The molecule has 0 unspecified atom stereocenters. The number of nitrogens with zero attached hydrogens (tertiary/aromatic N) is 2. The Balaban J connectivity index is 1.83. The quantitative estimate of drug-likeness (QED) is 0.773. The van der Waals surface area contributed by atoms with E-state index >= 15 is 0 Å². The first-order chi connectivity index (χ1) is 12.4. The van der Waals surface area contributed by atoms with Crippen LogP contribution in [0.25, 0.3) is 0 Å². The number of hydrogen-bond acceptors (Lipinski definition) is 5. The number of hydrogen-bond donors (Lipinski definition) is 2. The number of thiazole rings is 1. The number of benzene rings is 1. The van der Waals surface area contributed by atoms with E-state index in [4.69, 9.17) is 4.74 Å². The van der Waals surface area contributed by atoms with Crippen LogP contribution < -0.4 is 10.6 Å². The van der Waals surface area contributed by atoms with Crippen LogP contribution in [-0.2, 0) is 22.6 Å². The molecule has 0 radical (unpaired) electrons. The number of carbonyl (C=O) groups is 2. The Bertz CT molecular complexity index is 768. The summed E-state index contributed by atoms with van der Waals surface area (Å²) in [7, 11) is 3.14. The molecule has 0 spiro atoms.